The molecule has 196 valence electrons. The van der Waals surface area contributed by atoms with Crippen molar-refractivity contribution in [3.05, 3.63) is 65.1 Å². The minimum Gasteiger partial charge on any atom is -0.504 e. The maximum atomic E-state index is 13.8. The molecule has 2 N–H and O–H groups in total. The van der Waals surface area contributed by atoms with Crippen molar-refractivity contribution in [2.45, 2.75) is 26.3 Å². The van der Waals surface area contributed by atoms with Gasteiger partial charge in [-0.15, -0.1) is 0 Å². The summed E-state index contributed by atoms with van der Waals surface area (Å²) in [6.45, 7) is 6.98. The fourth-order valence-corrected chi connectivity index (χ4v) is 4.77. The number of fused-ring (bicyclic) bond motifs is 1. The third kappa shape index (κ3) is 4.86. The van der Waals surface area contributed by atoms with Gasteiger partial charge >= 0.3 is 0 Å². The molecule has 9 heteroatoms. The Morgan fingerprint density at radius 1 is 1.05 bits per heavy atom. The lowest BCUT2D eigenvalue weighted by atomic mass is 9.94. The number of phenolic OH excluding ortho intramolecular Hbond substituents is 1. The zero-order chi connectivity index (χ0) is 26.7. The van der Waals surface area contributed by atoms with Gasteiger partial charge in [-0.2, -0.15) is 0 Å². The molecule has 1 aliphatic heterocycles. The van der Waals surface area contributed by atoms with Gasteiger partial charge in [-0.05, 0) is 55.9 Å². The van der Waals surface area contributed by atoms with Gasteiger partial charge in [0, 0.05) is 11.9 Å². The van der Waals surface area contributed by atoms with Crippen LogP contribution < -0.4 is 9.47 Å². The molecule has 0 radical (unpaired) electrons. The highest BCUT2D eigenvalue weighted by Crippen LogP contribution is 2.42. The fraction of sp³-hybridized carbons (Fsp3) is 0.357. The minimum absolute atomic E-state index is 0.0189. The number of hydrogen-bond donors (Lipinski definition) is 2. The number of aromatic hydroxyl groups is 1. The Bertz CT molecular complexity index is 1340. The van der Waals surface area contributed by atoms with Crippen LogP contribution in [0.3, 0.4) is 0 Å². The number of nitrogens with zero attached hydrogens (tertiary/aromatic N) is 2. The molecule has 4 rings (SSSR count). The Morgan fingerprint density at radius 2 is 1.78 bits per heavy atom. The molecule has 0 bridgehead atoms. The van der Waals surface area contributed by atoms with Gasteiger partial charge in [0.15, 0.2) is 34.4 Å². The van der Waals surface area contributed by atoms with E-state index in [0.717, 1.165) is 19.6 Å². The molecule has 1 amide bonds. The summed E-state index contributed by atoms with van der Waals surface area (Å²) in [6.07, 6.45) is 0.649. The molecule has 2 aromatic carbocycles. The molecule has 1 aromatic heterocycles. The van der Waals surface area contributed by atoms with E-state index in [1.165, 1.54) is 25.2 Å². The molecule has 9 nitrogen and oxygen atoms in total. The van der Waals surface area contributed by atoms with Crippen LogP contribution >= 0.6 is 0 Å². The minimum atomic E-state index is -0.888. The Morgan fingerprint density at radius 3 is 2.46 bits per heavy atom. The van der Waals surface area contributed by atoms with E-state index in [9.17, 15) is 19.8 Å². The van der Waals surface area contributed by atoms with Crippen LogP contribution in [0.4, 0.5) is 0 Å². The van der Waals surface area contributed by atoms with Crippen LogP contribution in [0.1, 0.15) is 42.4 Å². The first kappa shape index (κ1) is 26.1. The topological polar surface area (TPSA) is 113 Å². The van der Waals surface area contributed by atoms with Crippen molar-refractivity contribution in [3.8, 4) is 17.2 Å². The fourth-order valence-electron chi connectivity index (χ4n) is 4.77. The predicted molar refractivity (Wildman–Crippen MR) is 138 cm³/mol. The van der Waals surface area contributed by atoms with Gasteiger partial charge < -0.3 is 33.9 Å². The summed E-state index contributed by atoms with van der Waals surface area (Å²) < 4.78 is 16.5. The first-order valence-corrected chi connectivity index (χ1v) is 12.3. The average Bonchev–Trinajstić information content (AvgIpc) is 3.46. The van der Waals surface area contributed by atoms with E-state index >= 15 is 0 Å². The van der Waals surface area contributed by atoms with Crippen molar-refractivity contribution < 1.29 is 33.7 Å². The molecular formula is C28H32N2O7. The van der Waals surface area contributed by atoms with Crippen molar-refractivity contribution >= 4 is 22.7 Å². The maximum absolute atomic E-state index is 13.8. The van der Waals surface area contributed by atoms with Crippen LogP contribution in [-0.4, -0.2) is 72.1 Å². The first-order chi connectivity index (χ1) is 17.8. The van der Waals surface area contributed by atoms with E-state index < -0.39 is 23.5 Å². The summed E-state index contributed by atoms with van der Waals surface area (Å²) in [6, 6.07) is 10.6. The van der Waals surface area contributed by atoms with Crippen molar-refractivity contribution in [1.82, 2.24) is 9.80 Å². The number of methoxy groups -OCH3 is 2. The maximum Gasteiger partial charge on any atom is 0.290 e. The highest BCUT2D eigenvalue weighted by atomic mass is 16.5. The lowest BCUT2D eigenvalue weighted by molar-refractivity contribution is -0.129. The van der Waals surface area contributed by atoms with Gasteiger partial charge in [-0.3, -0.25) is 9.59 Å². The highest BCUT2D eigenvalue weighted by Gasteiger charge is 2.44. The number of Topliss-reactive ketones (excluding diaryl/α,β-unsaturated/α-hetero) is 1. The molecule has 2 heterocycles. The summed E-state index contributed by atoms with van der Waals surface area (Å²) in [7, 11) is 2.93. The van der Waals surface area contributed by atoms with Crippen LogP contribution in [0, 0.1) is 0 Å². The highest BCUT2D eigenvalue weighted by molar-refractivity contribution is 6.16. The molecule has 1 atom stereocenters. The van der Waals surface area contributed by atoms with Crippen molar-refractivity contribution in [1.29, 1.82) is 0 Å². The first-order valence-electron chi connectivity index (χ1n) is 12.3. The predicted octanol–water partition coefficient (Wildman–Crippen LogP) is 4.47. The molecule has 37 heavy (non-hydrogen) atoms. The van der Waals surface area contributed by atoms with E-state index in [2.05, 4.69) is 18.7 Å². The second-order valence-electron chi connectivity index (χ2n) is 8.79. The number of phenols is 1. The summed E-state index contributed by atoms with van der Waals surface area (Å²) in [5, 5.41) is 21.7. The lowest BCUT2D eigenvalue weighted by Gasteiger charge is -2.28. The molecule has 0 saturated heterocycles. The number of carbonyl (C=O) groups excluding carboxylic acids is 2. The SMILES string of the molecule is CCN(CC)CCCN1C(=O)C(O)=C(C(=O)c2cc3cccc(OC)c3o2)C1c1ccc(O)c(OC)c1. The smallest absolute Gasteiger partial charge is 0.290 e. The third-order valence-electron chi connectivity index (χ3n) is 6.79. The van der Waals surface area contributed by atoms with Gasteiger partial charge in [-0.25, -0.2) is 0 Å². The zero-order valence-electron chi connectivity index (χ0n) is 21.5. The number of amides is 1. The van der Waals surface area contributed by atoms with Crippen LogP contribution in [-0.2, 0) is 4.79 Å². The average molecular weight is 509 g/mol. The second-order valence-corrected chi connectivity index (χ2v) is 8.79. The van der Waals surface area contributed by atoms with Gasteiger partial charge in [0.2, 0.25) is 5.78 Å². The number of carbonyl (C=O) groups is 2. The van der Waals surface area contributed by atoms with E-state index in [4.69, 9.17) is 13.9 Å². The van der Waals surface area contributed by atoms with E-state index in [1.54, 1.807) is 36.4 Å². The number of rotatable bonds is 11. The number of furan rings is 1. The van der Waals surface area contributed by atoms with Gasteiger partial charge in [0.1, 0.15) is 0 Å². The molecule has 0 fully saturated rings. The van der Waals surface area contributed by atoms with Crippen LogP contribution in [0.5, 0.6) is 17.2 Å². The number of aliphatic hydroxyl groups excluding tert-OH is 1. The Hall–Kier alpha value is -3.98. The number of ether oxygens (including phenoxy) is 2. The molecule has 0 spiro atoms. The Balaban J connectivity index is 1.75. The molecule has 0 aliphatic carbocycles. The molecule has 0 saturated carbocycles. The summed E-state index contributed by atoms with van der Waals surface area (Å²) >= 11 is 0. The van der Waals surface area contributed by atoms with Gasteiger partial charge in [0.25, 0.3) is 5.91 Å². The van der Waals surface area contributed by atoms with Crippen molar-refractivity contribution in [2.24, 2.45) is 0 Å². The molecule has 1 unspecified atom stereocenters. The number of ketones is 1. The number of benzene rings is 2. The van der Waals surface area contributed by atoms with E-state index in [0.29, 0.717) is 35.2 Å². The third-order valence-corrected chi connectivity index (χ3v) is 6.79. The number of hydrogen-bond acceptors (Lipinski definition) is 8. The molecule has 3 aromatic rings. The van der Waals surface area contributed by atoms with Crippen LogP contribution in [0.2, 0.25) is 0 Å². The Labute approximate surface area is 215 Å². The largest absolute Gasteiger partial charge is 0.504 e. The van der Waals surface area contributed by atoms with Crippen molar-refractivity contribution in [3.63, 3.8) is 0 Å². The zero-order valence-corrected chi connectivity index (χ0v) is 21.5. The van der Waals surface area contributed by atoms with E-state index in [-0.39, 0.29) is 22.8 Å². The van der Waals surface area contributed by atoms with Crippen LogP contribution in [0.15, 0.2) is 58.2 Å². The van der Waals surface area contributed by atoms with Crippen molar-refractivity contribution in [2.75, 3.05) is 40.4 Å². The number of aliphatic hydroxyl groups is 1. The lowest BCUT2D eigenvalue weighted by Crippen LogP contribution is -2.34. The van der Waals surface area contributed by atoms with Gasteiger partial charge in [-0.1, -0.05) is 32.0 Å². The van der Waals surface area contributed by atoms with Crippen LogP contribution in [0.25, 0.3) is 11.0 Å². The Kier molecular flexibility index (Phi) is 7.73. The quantitative estimate of drug-likeness (QED) is 0.365. The summed E-state index contributed by atoms with van der Waals surface area (Å²) in [5.41, 5.74) is 0.835. The molecule has 1 aliphatic rings. The van der Waals surface area contributed by atoms with E-state index in [1.807, 2.05) is 0 Å². The van der Waals surface area contributed by atoms with Gasteiger partial charge in [0.05, 0.1) is 25.8 Å². The standard InChI is InChI=1S/C28H32N2O7/c1-5-29(6-2)13-8-14-30-24(17-11-12-19(31)21(15-17)36-4)23(26(33)28(30)34)25(32)22-16-18-9-7-10-20(35-3)27(18)37-22/h7,9-12,15-16,24,31,33H,5-6,8,13-14H2,1-4H3. The summed E-state index contributed by atoms with van der Waals surface area (Å²) in [4.78, 5) is 30.8. The molecular weight excluding hydrogens is 476 g/mol. The monoisotopic (exact) mass is 508 g/mol. The number of para-hydroxylation sites is 1. The summed E-state index contributed by atoms with van der Waals surface area (Å²) in [5.74, 6) is -1.28. The normalized spacial score (nSPS) is 15.8. The second kappa shape index (κ2) is 11.0.